The van der Waals surface area contributed by atoms with Gasteiger partial charge in [0.25, 0.3) is 0 Å². The standard InChI is InChI=1S/C15H20N2O2/c1-10(2)12-9-17(4-3-16)13-8-15-14(7-11(12)13)18-5-6-19-15/h7-10H,3-6,16H2,1-2H3. The number of benzene rings is 1. The number of rotatable bonds is 3. The fourth-order valence-electron chi connectivity index (χ4n) is 2.64. The first-order chi connectivity index (χ1) is 9.20. The molecule has 102 valence electrons. The quantitative estimate of drug-likeness (QED) is 0.922. The van der Waals surface area contributed by atoms with Gasteiger partial charge in [-0.2, -0.15) is 0 Å². The predicted molar refractivity (Wildman–Crippen MR) is 76.1 cm³/mol. The molecular weight excluding hydrogens is 240 g/mol. The van der Waals surface area contributed by atoms with Gasteiger partial charge in [0, 0.05) is 30.7 Å². The summed E-state index contributed by atoms with van der Waals surface area (Å²) in [7, 11) is 0. The van der Waals surface area contributed by atoms with E-state index in [1.807, 2.05) is 0 Å². The maximum atomic E-state index is 5.70. The van der Waals surface area contributed by atoms with E-state index in [0.29, 0.717) is 25.7 Å². The molecule has 0 unspecified atom stereocenters. The van der Waals surface area contributed by atoms with Crippen molar-refractivity contribution in [1.29, 1.82) is 0 Å². The van der Waals surface area contributed by atoms with Gasteiger partial charge in [0.1, 0.15) is 13.2 Å². The van der Waals surface area contributed by atoms with Gasteiger partial charge in [-0.15, -0.1) is 0 Å². The third-order valence-corrected chi connectivity index (χ3v) is 3.57. The van der Waals surface area contributed by atoms with Crippen LogP contribution in [0.1, 0.15) is 25.3 Å². The zero-order chi connectivity index (χ0) is 13.4. The molecule has 2 heterocycles. The molecule has 1 aromatic heterocycles. The Labute approximate surface area is 113 Å². The lowest BCUT2D eigenvalue weighted by Gasteiger charge is -2.19. The minimum atomic E-state index is 0.476. The summed E-state index contributed by atoms with van der Waals surface area (Å²) in [6.07, 6.45) is 2.20. The Morgan fingerprint density at radius 3 is 2.53 bits per heavy atom. The van der Waals surface area contributed by atoms with Crippen LogP contribution in [-0.4, -0.2) is 24.3 Å². The lowest BCUT2D eigenvalue weighted by molar-refractivity contribution is 0.172. The van der Waals surface area contributed by atoms with Gasteiger partial charge in [-0.25, -0.2) is 0 Å². The van der Waals surface area contributed by atoms with E-state index >= 15 is 0 Å². The summed E-state index contributed by atoms with van der Waals surface area (Å²) >= 11 is 0. The molecule has 3 rings (SSSR count). The molecule has 0 saturated carbocycles. The fraction of sp³-hybridized carbons (Fsp3) is 0.467. The summed E-state index contributed by atoms with van der Waals surface area (Å²) < 4.78 is 13.6. The number of aromatic nitrogens is 1. The molecule has 4 nitrogen and oxygen atoms in total. The normalized spacial score (nSPS) is 14.3. The van der Waals surface area contributed by atoms with Crippen molar-refractivity contribution >= 4 is 10.9 Å². The number of nitrogens with zero attached hydrogens (tertiary/aromatic N) is 1. The first-order valence-corrected chi connectivity index (χ1v) is 6.83. The molecular formula is C15H20N2O2. The number of ether oxygens (including phenoxy) is 2. The molecule has 0 atom stereocenters. The van der Waals surface area contributed by atoms with Gasteiger partial charge in [-0.1, -0.05) is 13.8 Å². The van der Waals surface area contributed by atoms with Crippen LogP contribution in [-0.2, 0) is 6.54 Å². The number of fused-ring (bicyclic) bond motifs is 2. The van der Waals surface area contributed by atoms with Crippen molar-refractivity contribution in [1.82, 2.24) is 4.57 Å². The lowest BCUT2D eigenvalue weighted by Crippen LogP contribution is -2.15. The highest BCUT2D eigenvalue weighted by Crippen LogP contribution is 2.38. The summed E-state index contributed by atoms with van der Waals surface area (Å²) in [5.74, 6) is 2.17. The van der Waals surface area contributed by atoms with E-state index in [9.17, 15) is 0 Å². The van der Waals surface area contributed by atoms with E-state index in [1.54, 1.807) is 0 Å². The van der Waals surface area contributed by atoms with Crippen molar-refractivity contribution in [3.05, 3.63) is 23.9 Å². The summed E-state index contributed by atoms with van der Waals surface area (Å²) in [5.41, 5.74) is 8.21. The van der Waals surface area contributed by atoms with Gasteiger partial charge in [-0.3, -0.25) is 0 Å². The Balaban J connectivity index is 2.22. The summed E-state index contributed by atoms with van der Waals surface area (Å²) in [6.45, 7) is 7.11. The Morgan fingerprint density at radius 2 is 1.89 bits per heavy atom. The molecule has 0 aliphatic carbocycles. The summed E-state index contributed by atoms with van der Waals surface area (Å²) in [4.78, 5) is 0. The molecule has 0 bridgehead atoms. The molecule has 1 aliphatic rings. The number of hydrogen-bond donors (Lipinski definition) is 1. The van der Waals surface area contributed by atoms with E-state index in [-0.39, 0.29) is 0 Å². The van der Waals surface area contributed by atoms with Crippen LogP contribution >= 0.6 is 0 Å². The van der Waals surface area contributed by atoms with Gasteiger partial charge in [-0.05, 0) is 17.5 Å². The van der Waals surface area contributed by atoms with Crippen LogP contribution in [0.2, 0.25) is 0 Å². The number of hydrogen-bond acceptors (Lipinski definition) is 3. The third-order valence-electron chi connectivity index (χ3n) is 3.57. The Hall–Kier alpha value is -1.68. The molecule has 19 heavy (non-hydrogen) atoms. The SMILES string of the molecule is CC(C)c1cn(CCN)c2cc3c(cc12)OCCO3. The van der Waals surface area contributed by atoms with Crippen molar-refractivity contribution in [3.8, 4) is 11.5 Å². The van der Waals surface area contributed by atoms with Crippen molar-refractivity contribution in [2.75, 3.05) is 19.8 Å². The van der Waals surface area contributed by atoms with Crippen molar-refractivity contribution in [2.24, 2.45) is 5.73 Å². The van der Waals surface area contributed by atoms with Crippen LogP contribution in [0.3, 0.4) is 0 Å². The van der Waals surface area contributed by atoms with Crippen LogP contribution in [0.25, 0.3) is 10.9 Å². The van der Waals surface area contributed by atoms with Crippen LogP contribution in [0.15, 0.2) is 18.3 Å². The van der Waals surface area contributed by atoms with Gasteiger partial charge in [0.05, 0.1) is 5.52 Å². The molecule has 0 radical (unpaired) electrons. The fourth-order valence-corrected chi connectivity index (χ4v) is 2.64. The minimum Gasteiger partial charge on any atom is -0.486 e. The zero-order valence-electron chi connectivity index (χ0n) is 11.5. The minimum absolute atomic E-state index is 0.476. The maximum absolute atomic E-state index is 5.70. The zero-order valence-corrected chi connectivity index (χ0v) is 11.5. The van der Waals surface area contributed by atoms with E-state index in [0.717, 1.165) is 18.0 Å². The van der Waals surface area contributed by atoms with Gasteiger partial charge in [0.15, 0.2) is 11.5 Å². The third kappa shape index (κ3) is 2.06. The van der Waals surface area contributed by atoms with E-state index in [2.05, 4.69) is 36.7 Å². The molecule has 1 aromatic carbocycles. The van der Waals surface area contributed by atoms with E-state index in [1.165, 1.54) is 16.5 Å². The molecule has 1 aliphatic heterocycles. The van der Waals surface area contributed by atoms with Gasteiger partial charge < -0.3 is 19.8 Å². The van der Waals surface area contributed by atoms with Gasteiger partial charge in [0.2, 0.25) is 0 Å². The molecule has 2 aromatic rings. The average molecular weight is 260 g/mol. The monoisotopic (exact) mass is 260 g/mol. The predicted octanol–water partition coefficient (Wildman–Crippen LogP) is 2.49. The molecule has 0 saturated heterocycles. The molecule has 2 N–H and O–H groups in total. The van der Waals surface area contributed by atoms with Crippen LogP contribution in [0, 0.1) is 0 Å². The Bertz CT molecular complexity index is 602. The van der Waals surface area contributed by atoms with Crippen LogP contribution < -0.4 is 15.2 Å². The molecule has 4 heteroatoms. The second-order valence-electron chi connectivity index (χ2n) is 5.23. The highest BCUT2D eigenvalue weighted by atomic mass is 16.6. The van der Waals surface area contributed by atoms with E-state index < -0.39 is 0 Å². The Morgan fingerprint density at radius 1 is 1.21 bits per heavy atom. The summed E-state index contributed by atoms with van der Waals surface area (Å²) in [6, 6.07) is 4.18. The van der Waals surface area contributed by atoms with Crippen molar-refractivity contribution < 1.29 is 9.47 Å². The highest BCUT2D eigenvalue weighted by molar-refractivity contribution is 5.88. The topological polar surface area (TPSA) is 49.4 Å². The van der Waals surface area contributed by atoms with E-state index in [4.69, 9.17) is 15.2 Å². The second kappa shape index (κ2) is 4.78. The van der Waals surface area contributed by atoms with Gasteiger partial charge >= 0.3 is 0 Å². The first kappa shape index (κ1) is 12.4. The smallest absolute Gasteiger partial charge is 0.163 e. The molecule has 0 spiro atoms. The number of nitrogens with two attached hydrogens (primary N) is 1. The summed E-state index contributed by atoms with van der Waals surface area (Å²) in [5, 5.41) is 1.24. The van der Waals surface area contributed by atoms with Crippen LogP contribution in [0.4, 0.5) is 0 Å². The van der Waals surface area contributed by atoms with Crippen molar-refractivity contribution in [3.63, 3.8) is 0 Å². The van der Waals surface area contributed by atoms with Crippen molar-refractivity contribution in [2.45, 2.75) is 26.3 Å². The Kier molecular flexibility index (Phi) is 3.11. The lowest BCUT2D eigenvalue weighted by atomic mass is 10.0. The first-order valence-electron chi connectivity index (χ1n) is 6.83. The maximum Gasteiger partial charge on any atom is 0.163 e. The molecule has 0 amide bonds. The van der Waals surface area contributed by atoms with Crippen LogP contribution in [0.5, 0.6) is 11.5 Å². The molecule has 0 fully saturated rings. The highest BCUT2D eigenvalue weighted by Gasteiger charge is 2.18. The average Bonchev–Trinajstić information content (AvgIpc) is 2.75. The largest absolute Gasteiger partial charge is 0.486 e. The second-order valence-corrected chi connectivity index (χ2v) is 5.23.